The molecule has 0 aliphatic rings. The second kappa shape index (κ2) is 13.6. The lowest BCUT2D eigenvalue weighted by Gasteiger charge is -2.15. The lowest BCUT2D eigenvalue weighted by molar-refractivity contribution is 1.07. The van der Waals surface area contributed by atoms with Gasteiger partial charge in [0.2, 0.25) is 0 Å². The molecule has 0 atom stereocenters. The SMILES string of the molecule is c1ccc(-c2nc(-c3ccccc3)nc(-c3ccc(-c4ccc(-c5cc(-c6ccncc6)nc(-c6ccccn6)c5)c5ccccc45)cc3)n2)cc1. The molecule has 0 aliphatic heterocycles. The molecule has 0 unspecified atom stereocenters. The molecule has 9 aromatic rings. The van der Waals surface area contributed by atoms with E-state index >= 15 is 0 Å². The van der Waals surface area contributed by atoms with Crippen molar-refractivity contribution in [2.75, 3.05) is 0 Å². The Morgan fingerprint density at radius 3 is 1.37 bits per heavy atom. The van der Waals surface area contributed by atoms with Crippen molar-refractivity contribution in [1.29, 1.82) is 0 Å². The van der Waals surface area contributed by atoms with Crippen LogP contribution in [0.2, 0.25) is 0 Å². The summed E-state index contributed by atoms with van der Waals surface area (Å²) < 4.78 is 0. The van der Waals surface area contributed by atoms with Gasteiger partial charge in [-0.25, -0.2) is 19.9 Å². The number of benzene rings is 5. The number of hydrogen-bond acceptors (Lipinski definition) is 6. The van der Waals surface area contributed by atoms with E-state index in [9.17, 15) is 0 Å². The highest BCUT2D eigenvalue weighted by molar-refractivity contribution is 6.05. The zero-order valence-corrected chi connectivity index (χ0v) is 28.0. The van der Waals surface area contributed by atoms with Crippen LogP contribution in [-0.4, -0.2) is 29.9 Å². The van der Waals surface area contributed by atoms with Crippen LogP contribution in [0.1, 0.15) is 0 Å². The van der Waals surface area contributed by atoms with Crippen LogP contribution >= 0.6 is 0 Å². The highest BCUT2D eigenvalue weighted by Crippen LogP contribution is 2.38. The minimum absolute atomic E-state index is 0.630. The van der Waals surface area contributed by atoms with Crippen LogP contribution in [0.15, 0.2) is 182 Å². The maximum Gasteiger partial charge on any atom is 0.164 e. The van der Waals surface area contributed by atoms with E-state index in [0.29, 0.717) is 17.5 Å². The zero-order valence-electron chi connectivity index (χ0n) is 28.0. The normalized spacial score (nSPS) is 11.1. The molecule has 4 heterocycles. The van der Waals surface area contributed by atoms with Gasteiger partial charge in [0.1, 0.15) is 0 Å². The largest absolute Gasteiger partial charge is 0.265 e. The molecule has 0 aliphatic carbocycles. The standard InChI is InChI=1S/C46H30N6/c1-3-11-33(12-4-1)44-50-45(34-13-5-2-6-14-34)52-46(51-44)35-20-18-31(19-21-35)37-22-23-38(40-16-8-7-15-39(37)40)36-29-42(32-24-27-47-28-25-32)49-43(30-36)41-17-9-10-26-48-41/h1-30H. The van der Waals surface area contributed by atoms with Crippen LogP contribution in [0.5, 0.6) is 0 Å². The van der Waals surface area contributed by atoms with Crippen LogP contribution < -0.4 is 0 Å². The number of aromatic nitrogens is 6. The summed E-state index contributed by atoms with van der Waals surface area (Å²) in [5.41, 5.74) is 10.8. The Balaban J connectivity index is 1.13. The van der Waals surface area contributed by atoms with E-state index in [1.807, 2.05) is 91.0 Å². The van der Waals surface area contributed by atoms with Gasteiger partial charge in [0.15, 0.2) is 17.5 Å². The fourth-order valence-electron chi connectivity index (χ4n) is 6.54. The summed E-state index contributed by atoms with van der Waals surface area (Å²) in [6.07, 6.45) is 5.39. The zero-order chi connectivity index (χ0) is 34.7. The molecule has 0 saturated carbocycles. The highest BCUT2D eigenvalue weighted by Gasteiger charge is 2.16. The lowest BCUT2D eigenvalue weighted by Crippen LogP contribution is -2.00. The summed E-state index contributed by atoms with van der Waals surface area (Å²) in [7, 11) is 0. The van der Waals surface area contributed by atoms with Crippen molar-refractivity contribution in [3.05, 3.63) is 182 Å². The Morgan fingerprint density at radius 2 is 0.788 bits per heavy atom. The molecule has 0 spiro atoms. The molecule has 0 fully saturated rings. The van der Waals surface area contributed by atoms with Crippen LogP contribution in [-0.2, 0) is 0 Å². The first-order valence-electron chi connectivity index (χ1n) is 17.1. The van der Waals surface area contributed by atoms with E-state index in [1.165, 1.54) is 0 Å². The summed E-state index contributed by atoms with van der Waals surface area (Å²) >= 11 is 0. The van der Waals surface area contributed by atoms with Gasteiger partial charge in [-0.2, -0.15) is 0 Å². The smallest absolute Gasteiger partial charge is 0.164 e. The molecule has 244 valence electrons. The van der Waals surface area contributed by atoms with Gasteiger partial charge in [0, 0.05) is 40.8 Å². The van der Waals surface area contributed by atoms with Crippen molar-refractivity contribution >= 4 is 10.8 Å². The molecule has 9 rings (SSSR count). The van der Waals surface area contributed by atoms with E-state index in [0.717, 1.165) is 72.4 Å². The average Bonchev–Trinajstić information content (AvgIpc) is 3.24. The second-order valence-corrected chi connectivity index (χ2v) is 12.4. The van der Waals surface area contributed by atoms with Gasteiger partial charge in [-0.05, 0) is 69.4 Å². The highest BCUT2D eigenvalue weighted by atomic mass is 15.0. The first-order valence-corrected chi connectivity index (χ1v) is 17.1. The Bertz CT molecular complexity index is 2530. The van der Waals surface area contributed by atoms with E-state index < -0.39 is 0 Å². The number of pyridine rings is 3. The molecule has 4 aromatic heterocycles. The topological polar surface area (TPSA) is 77.3 Å². The molecule has 6 heteroatoms. The quantitative estimate of drug-likeness (QED) is 0.168. The summed E-state index contributed by atoms with van der Waals surface area (Å²) in [4.78, 5) is 28.5. The van der Waals surface area contributed by atoms with Crippen LogP contribution in [0.4, 0.5) is 0 Å². The summed E-state index contributed by atoms with van der Waals surface area (Å²) in [6.45, 7) is 0. The summed E-state index contributed by atoms with van der Waals surface area (Å²) in [5, 5.41) is 2.31. The van der Waals surface area contributed by atoms with Gasteiger partial charge in [-0.3, -0.25) is 9.97 Å². The molecule has 0 bridgehead atoms. The second-order valence-electron chi connectivity index (χ2n) is 12.4. The minimum atomic E-state index is 0.630. The van der Waals surface area contributed by atoms with E-state index in [1.54, 1.807) is 18.6 Å². The van der Waals surface area contributed by atoms with Crippen molar-refractivity contribution in [3.8, 4) is 79.1 Å². The number of nitrogens with zero attached hydrogens (tertiary/aromatic N) is 6. The number of hydrogen-bond donors (Lipinski definition) is 0. The summed E-state index contributed by atoms with van der Waals surface area (Å²) in [5.74, 6) is 1.92. The van der Waals surface area contributed by atoms with Crippen LogP contribution in [0, 0.1) is 0 Å². The van der Waals surface area contributed by atoms with Gasteiger partial charge in [-0.15, -0.1) is 0 Å². The van der Waals surface area contributed by atoms with Crippen molar-refractivity contribution in [3.63, 3.8) is 0 Å². The van der Waals surface area contributed by atoms with Gasteiger partial charge in [0.05, 0.1) is 17.1 Å². The van der Waals surface area contributed by atoms with Gasteiger partial charge < -0.3 is 0 Å². The molecule has 52 heavy (non-hydrogen) atoms. The fourth-order valence-corrected chi connectivity index (χ4v) is 6.54. The third kappa shape index (κ3) is 6.10. The monoisotopic (exact) mass is 666 g/mol. The molecular weight excluding hydrogens is 637 g/mol. The Kier molecular flexibility index (Phi) is 8.08. The average molecular weight is 667 g/mol. The molecule has 0 saturated heterocycles. The van der Waals surface area contributed by atoms with Gasteiger partial charge >= 0.3 is 0 Å². The first kappa shape index (κ1) is 30.8. The number of fused-ring (bicyclic) bond motifs is 1. The molecule has 6 nitrogen and oxygen atoms in total. The van der Waals surface area contributed by atoms with Crippen LogP contribution in [0.3, 0.4) is 0 Å². The van der Waals surface area contributed by atoms with Crippen LogP contribution in [0.25, 0.3) is 89.8 Å². The van der Waals surface area contributed by atoms with Crippen molar-refractivity contribution < 1.29 is 0 Å². The molecule has 0 N–H and O–H groups in total. The Labute approximate surface area is 301 Å². The lowest BCUT2D eigenvalue weighted by atomic mass is 9.91. The predicted octanol–water partition coefficient (Wildman–Crippen LogP) is 10.9. The number of rotatable bonds is 7. The van der Waals surface area contributed by atoms with Crippen molar-refractivity contribution in [2.45, 2.75) is 0 Å². The third-order valence-electron chi connectivity index (χ3n) is 9.12. The third-order valence-corrected chi connectivity index (χ3v) is 9.12. The van der Waals surface area contributed by atoms with Crippen molar-refractivity contribution in [1.82, 2.24) is 29.9 Å². The molecule has 0 radical (unpaired) electrons. The van der Waals surface area contributed by atoms with E-state index in [-0.39, 0.29) is 0 Å². The van der Waals surface area contributed by atoms with Crippen molar-refractivity contribution in [2.24, 2.45) is 0 Å². The Morgan fingerprint density at radius 1 is 0.288 bits per heavy atom. The van der Waals surface area contributed by atoms with Gasteiger partial charge in [-0.1, -0.05) is 127 Å². The molecular formula is C46H30N6. The molecule has 0 amide bonds. The fraction of sp³-hybridized carbons (Fsp3) is 0. The van der Waals surface area contributed by atoms with Gasteiger partial charge in [0.25, 0.3) is 0 Å². The molecule has 5 aromatic carbocycles. The maximum absolute atomic E-state index is 5.02. The predicted molar refractivity (Wildman–Crippen MR) is 209 cm³/mol. The summed E-state index contributed by atoms with van der Waals surface area (Å²) in [6, 6.07) is 55.7. The minimum Gasteiger partial charge on any atom is -0.265 e. The van der Waals surface area contributed by atoms with E-state index in [4.69, 9.17) is 19.9 Å². The van der Waals surface area contributed by atoms with E-state index in [2.05, 4.69) is 82.8 Å². The Hall–Kier alpha value is -7.18. The maximum atomic E-state index is 5.02. The first-order chi connectivity index (χ1) is 25.8.